The molecule has 0 heterocycles. The Kier molecular flexibility index (Phi) is 6.03. The number of hydrogen-bond acceptors (Lipinski definition) is 0. The first kappa shape index (κ1) is 18.9. The number of hydrogen-bond donors (Lipinski definition) is 0. The minimum absolute atomic E-state index is 0.659. The van der Waals surface area contributed by atoms with E-state index in [1.165, 1.54) is 0 Å². The summed E-state index contributed by atoms with van der Waals surface area (Å²) in [5.74, 6) is 0. The fraction of sp³-hybridized carbons (Fsp3) is 0. The molecule has 27 heavy (non-hydrogen) atoms. The minimum Gasteiger partial charge on any atom is -0.0984 e. The van der Waals surface area contributed by atoms with Crippen LogP contribution in [0.4, 0.5) is 0 Å². The molecule has 6 radical (unpaired) electrons. The Labute approximate surface area is 165 Å². The summed E-state index contributed by atoms with van der Waals surface area (Å²) in [5, 5.41) is 0. The molecule has 0 aliphatic heterocycles. The SMILES string of the molecule is [B]c1ccccc1/C=C\c1cc([B])c(/C=C\c2ccccc2C=C)cc1[B]. The predicted molar refractivity (Wildman–Crippen MR) is 123 cm³/mol. The van der Waals surface area contributed by atoms with E-state index in [4.69, 9.17) is 23.5 Å². The lowest BCUT2D eigenvalue weighted by atomic mass is 9.80. The highest BCUT2D eigenvalue weighted by molar-refractivity contribution is 6.39. The molecule has 3 aromatic rings. The molecule has 3 rings (SSSR count). The molecule has 0 spiro atoms. The molecule has 0 nitrogen and oxygen atoms in total. The minimum atomic E-state index is 0.659. The van der Waals surface area contributed by atoms with Gasteiger partial charge in [-0.1, -0.05) is 114 Å². The van der Waals surface area contributed by atoms with Gasteiger partial charge in [-0.15, -0.1) is 0 Å². The Hall–Kier alpha value is -2.93. The third kappa shape index (κ3) is 4.62. The molecule has 0 unspecified atom stereocenters. The molecular weight excluding hydrogens is 321 g/mol. The monoisotopic (exact) mass is 338 g/mol. The maximum atomic E-state index is 6.24. The van der Waals surface area contributed by atoms with Crippen molar-refractivity contribution >= 4 is 70.3 Å². The van der Waals surface area contributed by atoms with Gasteiger partial charge in [0.25, 0.3) is 0 Å². The van der Waals surface area contributed by atoms with Gasteiger partial charge in [-0.3, -0.25) is 0 Å². The molecular formula is C24H17B3. The Balaban J connectivity index is 1.88. The largest absolute Gasteiger partial charge is 0.114 e. The van der Waals surface area contributed by atoms with Crippen molar-refractivity contribution < 1.29 is 0 Å². The molecule has 0 atom stereocenters. The van der Waals surface area contributed by atoms with Crippen LogP contribution in [-0.4, -0.2) is 23.5 Å². The zero-order valence-electron chi connectivity index (χ0n) is 15.1. The molecule has 0 saturated heterocycles. The maximum Gasteiger partial charge on any atom is 0.114 e. The highest BCUT2D eigenvalue weighted by Gasteiger charge is 2.01. The van der Waals surface area contributed by atoms with E-state index in [0.717, 1.165) is 33.3 Å². The molecule has 0 bridgehead atoms. The van der Waals surface area contributed by atoms with Crippen molar-refractivity contribution in [1.82, 2.24) is 0 Å². The van der Waals surface area contributed by atoms with Gasteiger partial charge in [0, 0.05) is 0 Å². The molecule has 0 aromatic heterocycles. The van der Waals surface area contributed by atoms with E-state index in [1.807, 2.05) is 91.0 Å². The van der Waals surface area contributed by atoms with Crippen molar-refractivity contribution in [3.63, 3.8) is 0 Å². The van der Waals surface area contributed by atoms with Crippen LogP contribution >= 0.6 is 0 Å². The molecule has 0 saturated carbocycles. The molecule has 0 aliphatic carbocycles. The van der Waals surface area contributed by atoms with Crippen molar-refractivity contribution in [1.29, 1.82) is 0 Å². The van der Waals surface area contributed by atoms with Gasteiger partial charge in [0.1, 0.15) is 23.5 Å². The molecule has 3 aromatic carbocycles. The van der Waals surface area contributed by atoms with E-state index in [2.05, 4.69) is 6.58 Å². The summed E-state index contributed by atoms with van der Waals surface area (Å²) in [6, 6.07) is 19.5. The van der Waals surface area contributed by atoms with Gasteiger partial charge in [0.2, 0.25) is 0 Å². The zero-order valence-corrected chi connectivity index (χ0v) is 15.1. The Bertz CT molecular complexity index is 1030. The normalized spacial score (nSPS) is 11.3. The second-order valence-corrected chi connectivity index (χ2v) is 6.24. The van der Waals surface area contributed by atoms with Crippen LogP contribution in [0, 0.1) is 0 Å². The van der Waals surface area contributed by atoms with Gasteiger partial charge in [0.15, 0.2) is 0 Å². The molecule has 0 amide bonds. The van der Waals surface area contributed by atoms with E-state index in [9.17, 15) is 0 Å². The van der Waals surface area contributed by atoms with Crippen LogP contribution in [0.25, 0.3) is 30.4 Å². The van der Waals surface area contributed by atoms with Crippen molar-refractivity contribution in [3.05, 3.63) is 95.1 Å². The number of rotatable bonds is 5. The summed E-state index contributed by atoms with van der Waals surface area (Å²) in [6.07, 6.45) is 9.69. The van der Waals surface area contributed by atoms with Crippen LogP contribution in [0.5, 0.6) is 0 Å². The third-order valence-electron chi connectivity index (χ3n) is 4.39. The molecule has 0 fully saturated rings. The lowest BCUT2D eigenvalue weighted by molar-refractivity contribution is 1.62. The lowest BCUT2D eigenvalue weighted by Gasteiger charge is -2.09. The van der Waals surface area contributed by atoms with Crippen LogP contribution < -0.4 is 16.4 Å². The summed E-state index contributed by atoms with van der Waals surface area (Å²) in [6.45, 7) is 3.85. The summed E-state index contributed by atoms with van der Waals surface area (Å²) in [5.41, 5.74) is 6.88. The van der Waals surface area contributed by atoms with Gasteiger partial charge in [-0.2, -0.15) is 0 Å². The molecule has 122 valence electrons. The topological polar surface area (TPSA) is 0 Å². The standard InChI is InChI=1S/C24H17B3/c1-2-17-7-3-4-8-18(17)11-13-20-15-24(27)21(16-23(20)26)14-12-19-9-5-6-10-22(19)25/h2-16H,1H2/b13-11-,14-12-. The fourth-order valence-electron chi connectivity index (χ4n) is 2.83. The maximum absolute atomic E-state index is 6.24. The van der Waals surface area contributed by atoms with E-state index in [1.54, 1.807) is 0 Å². The average Bonchev–Trinajstić information content (AvgIpc) is 2.68. The van der Waals surface area contributed by atoms with E-state index < -0.39 is 0 Å². The van der Waals surface area contributed by atoms with Crippen molar-refractivity contribution in [2.45, 2.75) is 0 Å². The smallest absolute Gasteiger partial charge is 0.0984 e. The molecule has 0 N–H and O–H groups in total. The van der Waals surface area contributed by atoms with Gasteiger partial charge in [0.05, 0.1) is 0 Å². The second kappa shape index (κ2) is 8.64. The first-order valence-electron chi connectivity index (χ1n) is 8.69. The quantitative estimate of drug-likeness (QED) is 0.496. The predicted octanol–water partition coefficient (Wildman–Crippen LogP) is 3.05. The first-order chi connectivity index (χ1) is 13.1. The zero-order chi connectivity index (χ0) is 19.2. The van der Waals surface area contributed by atoms with Crippen LogP contribution in [0.3, 0.4) is 0 Å². The highest BCUT2D eigenvalue weighted by Crippen LogP contribution is 2.14. The van der Waals surface area contributed by atoms with E-state index >= 15 is 0 Å². The van der Waals surface area contributed by atoms with E-state index in [-0.39, 0.29) is 0 Å². The van der Waals surface area contributed by atoms with Crippen LogP contribution in [0.15, 0.2) is 67.2 Å². The third-order valence-corrected chi connectivity index (χ3v) is 4.39. The van der Waals surface area contributed by atoms with Crippen LogP contribution in [-0.2, 0) is 0 Å². The Morgan fingerprint density at radius 1 is 0.519 bits per heavy atom. The summed E-state index contributed by atoms with van der Waals surface area (Å²) >= 11 is 0. The summed E-state index contributed by atoms with van der Waals surface area (Å²) in [4.78, 5) is 0. The average molecular weight is 338 g/mol. The fourth-order valence-corrected chi connectivity index (χ4v) is 2.83. The van der Waals surface area contributed by atoms with Gasteiger partial charge < -0.3 is 0 Å². The molecule has 0 aliphatic rings. The first-order valence-corrected chi connectivity index (χ1v) is 8.69. The van der Waals surface area contributed by atoms with Gasteiger partial charge in [-0.05, 0) is 27.8 Å². The van der Waals surface area contributed by atoms with Crippen molar-refractivity contribution in [3.8, 4) is 0 Å². The Morgan fingerprint density at radius 3 is 1.52 bits per heavy atom. The molecule has 3 heteroatoms. The van der Waals surface area contributed by atoms with Crippen LogP contribution in [0.1, 0.15) is 27.8 Å². The number of benzene rings is 3. The van der Waals surface area contributed by atoms with Crippen molar-refractivity contribution in [2.24, 2.45) is 0 Å². The highest BCUT2D eigenvalue weighted by atomic mass is 14.0. The lowest BCUT2D eigenvalue weighted by Crippen LogP contribution is -2.17. The summed E-state index contributed by atoms with van der Waals surface area (Å²) < 4.78 is 0. The second-order valence-electron chi connectivity index (χ2n) is 6.24. The van der Waals surface area contributed by atoms with Gasteiger partial charge in [-0.25, -0.2) is 0 Å². The van der Waals surface area contributed by atoms with Crippen molar-refractivity contribution in [2.75, 3.05) is 0 Å². The Morgan fingerprint density at radius 2 is 0.963 bits per heavy atom. The summed E-state index contributed by atoms with van der Waals surface area (Å²) in [7, 11) is 18.4. The van der Waals surface area contributed by atoms with Crippen LogP contribution in [0.2, 0.25) is 0 Å². The van der Waals surface area contributed by atoms with Gasteiger partial charge >= 0.3 is 0 Å². The van der Waals surface area contributed by atoms with E-state index in [0.29, 0.717) is 10.9 Å².